The number of thioether (sulfide) groups is 1. The molecule has 3 aromatic rings. The second-order valence-electron chi connectivity index (χ2n) is 6.15. The summed E-state index contributed by atoms with van der Waals surface area (Å²) >= 11 is 7.40. The highest BCUT2D eigenvalue weighted by Gasteiger charge is 2.33. The van der Waals surface area contributed by atoms with Gasteiger partial charge in [-0.1, -0.05) is 29.8 Å². The number of aliphatic hydroxyl groups excluding tert-OH is 1. The van der Waals surface area contributed by atoms with E-state index >= 15 is 0 Å². The van der Waals surface area contributed by atoms with Crippen LogP contribution in [0, 0.1) is 0 Å². The Morgan fingerprint density at radius 2 is 1.83 bits per heavy atom. The van der Waals surface area contributed by atoms with E-state index in [-0.39, 0.29) is 6.54 Å². The van der Waals surface area contributed by atoms with Crippen molar-refractivity contribution in [3.63, 3.8) is 0 Å². The topological polar surface area (TPSA) is 58.0 Å². The molecule has 0 saturated heterocycles. The third kappa shape index (κ3) is 5.41. The number of anilines is 1. The van der Waals surface area contributed by atoms with Crippen molar-refractivity contribution in [3.05, 3.63) is 71.0 Å². The predicted molar refractivity (Wildman–Crippen MR) is 109 cm³/mol. The molecule has 1 heterocycles. The van der Waals surface area contributed by atoms with Crippen molar-refractivity contribution in [2.45, 2.75) is 17.2 Å². The van der Waals surface area contributed by atoms with Crippen molar-refractivity contribution in [2.75, 3.05) is 18.1 Å². The molecule has 9 heteroatoms. The van der Waals surface area contributed by atoms with Gasteiger partial charge in [-0.05, 0) is 36.1 Å². The summed E-state index contributed by atoms with van der Waals surface area (Å²) in [7, 11) is 0. The summed E-state index contributed by atoms with van der Waals surface area (Å²) in [5.74, 6) is 0.436. The van der Waals surface area contributed by atoms with Gasteiger partial charge in [-0.25, -0.2) is 9.97 Å². The maximum atomic E-state index is 12.9. The fourth-order valence-corrected chi connectivity index (χ4v) is 3.36. The van der Waals surface area contributed by atoms with Gasteiger partial charge in [-0.15, -0.1) is 11.8 Å². The summed E-state index contributed by atoms with van der Waals surface area (Å²) < 4.78 is 38.6. The minimum atomic E-state index is -4.52. The summed E-state index contributed by atoms with van der Waals surface area (Å²) in [6.07, 6.45) is -1.99. The zero-order valence-corrected chi connectivity index (χ0v) is 16.8. The van der Waals surface area contributed by atoms with E-state index in [2.05, 4.69) is 15.3 Å². The number of alkyl halides is 3. The van der Waals surface area contributed by atoms with Crippen LogP contribution in [0.2, 0.25) is 5.02 Å². The van der Waals surface area contributed by atoms with Crippen LogP contribution in [0.15, 0.2) is 59.8 Å². The Bertz CT molecular complexity index is 983. The number of halogens is 4. The van der Waals surface area contributed by atoms with Crippen molar-refractivity contribution in [2.24, 2.45) is 0 Å². The van der Waals surface area contributed by atoms with Crippen LogP contribution in [0.25, 0.3) is 11.3 Å². The molecule has 0 radical (unpaired) electrons. The summed E-state index contributed by atoms with van der Waals surface area (Å²) in [4.78, 5) is 9.28. The molecular formula is C20H17ClF3N3OS. The average molecular weight is 440 g/mol. The van der Waals surface area contributed by atoms with Crippen LogP contribution in [-0.2, 0) is 6.18 Å². The van der Waals surface area contributed by atoms with E-state index in [1.807, 2.05) is 30.5 Å². The maximum Gasteiger partial charge on any atom is 0.417 e. The molecule has 0 spiro atoms. The van der Waals surface area contributed by atoms with Crippen LogP contribution in [0.1, 0.15) is 17.2 Å². The highest BCUT2D eigenvalue weighted by molar-refractivity contribution is 7.98. The molecule has 1 atom stereocenters. The minimum absolute atomic E-state index is 0.211. The smallest absolute Gasteiger partial charge is 0.387 e. The molecule has 0 unspecified atom stereocenters. The fourth-order valence-electron chi connectivity index (χ4n) is 2.66. The van der Waals surface area contributed by atoms with Crippen molar-refractivity contribution < 1.29 is 18.3 Å². The summed E-state index contributed by atoms with van der Waals surface area (Å²) in [5, 5.41) is 13.0. The van der Waals surface area contributed by atoms with Crippen LogP contribution >= 0.6 is 23.4 Å². The molecule has 0 fully saturated rings. The van der Waals surface area contributed by atoms with Gasteiger partial charge in [0.05, 0.1) is 22.4 Å². The first-order valence-corrected chi connectivity index (χ1v) is 10.1. The highest BCUT2D eigenvalue weighted by atomic mass is 35.5. The molecule has 0 aliphatic carbocycles. The van der Waals surface area contributed by atoms with Gasteiger partial charge in [0, 0.05) is 23.1 Å². The summed E-state index contributed by atoms with van der Waals surface area (Å²) in [5.41, 5.74) is 0.712. The Kier molecular flexibility index (Phi) is 6.66. The molecule has 0 aliphatic heterocycles. The Hall–Kier alpha value is -2.29. The molecule has 0 aliphatic rings. The Morgan fingerprint density at radius 3 is 2.45 bits per heavy atom. The molecule has 4 nitrogen and oxygen atoms in total. The lowest BCUT2D eigenvalue weighted by atomic mass is 10.1. The molecule has 3 rings (SSSR count). The summed E-state index contributed by atoms with van der Waals surface area (Å²) in [6, 6.07) is 12.6. The number of aromatic nitrogens is 2. The van der Waals surface area contributed by atoms with Gasteiger partial charge >= 0.3 is 6.18 Å². The second-order valence-corrected chi connectivity index (χ2v) is 7.44. The molecule has 152 valence electrons. The minimum Gasteiger partial charge on any atom is -0.387 e. The number of nitrogens with one attached hydrogen (secondary N) is 1. The van der Waals surface area contributed by atoms with Crippen molar-refractivity contribution in [1.29, 1.82) is 0 Å². The van der Waals surface area contributed by atoms with Crippen molar-refractivity contribution >= 4 is 29.2 Å². The van der Waals surface area contributed by atoms with Gasteiger partial charge in [0.2, 0.25) is 0 Å². The first-order chi connectivity index (χ1) is 13.8. The fraction of sp³-hybridized carbons (Fsp3) is 0.200. The van der Waals surface area contributed by atoms with E-state index in [1.165, 1.54) is 18.5 Å². The Balaban J connectivity index is 1.71. The van der Waals surface area contributed by atoms with E-state index in [0.717, 1.165) is 16.5 Å². The highest BCUT2D eigenvalue weighted by Crippen LogP contribution is 2.36. The van der Waals surface area contributed by atoms with E-state index < -0.39 is 22.9 Å². The van der Waals surface area contributed by atoms with Crippen LogP contribution in [0.5, 0.6) is 0 Å². The zero-order chi connectivity index (χ0) is 21.0. The standard InChI is InChI=1S/C20H17ClF3N3OS/c1-29-14-5-2-12(3-6-14)18(28)10-25-19-9-17(26-11-27-19)13-4-7-15(16(21)8-13)20(22,23)24/h2-9,11,18,28H,10H2,1H3,(H,25,26,27)/t18-/m0/s1. The molecule has 0 amide bonds. The van der Waals surface area contributed by atoms with E-state index in [4.69, 9.17) is 11.6 Å². The molecule has 1 aromatic heterocycles. The lowest BCUT2D eigenvalue weighted by Gasteiger charge is -2.14. The van der Waals surface area contributed by atoms with Gasteiger partial charge < -0.3 is 10.4 Å². The third-order valence-corrected chi connectivity index (χ3v) is 5.27. The average Bonchev–Trinajstić information content (AvgIpc) is 2.71. The zero-order valence-electron chi connectivity index (χ0n) is 15.2. The predicted octanol–water partition coefficient (Wildman–Crippen LogP) is 5.68. The number of hydrogen-bond donors (Lipinski definition) is 2. The maximum absolute atomic E-state index is 12.9. The lowest BCUT2D eigenvalue weighted by molar-refractivity contribution is -0.137. The van der Waals surface area contributed by atoms with Crippen LogP contribution in [0.3, 0.4) is 0 Å². The molecule has 0 bridgehead atoms. The van der Waals surface area contributed by atoms with Gasteiger partial charge in [-0.2, -0.15) is 13.2 Å². The number of hydrogen-bond acceptors (Lipinski definition) is 5. The largest absolute Gasteiger partial charge is 0.417 e. The van der Waals surface area contributed by atoms with Crippen LogP contribution in [0.4, 0.5) is 19.0 Å². The van der Waals surface area contributed by atoms with Crippen LogP contribution < -0.4 is 5.32 Å². The van der Waals surface area contributed by atoms with Crippen molar-refractivity contribution in [1.82, 2.24) is 9.97 Å². The SMILES string of the molecule is CSc1ccc([C@@H](O)CNc2cc(-c3ccc(C(F)(F)F)c(Cl)c3)ncn2)cc1. The number of aliphatic hydroxyl groups is 1. The Labute approximate surface area is 175 Å². The van der Waals surface area contributed by atoms with Crippen LogP contribution in [-0.4, -0.2) is 27.9 Å². The van der Waals surface area contributed by atoms with Crippen molar-refractivity contribution in [3.8, 4) is 11.3 Å². The lowest BCUT2D eigenvalue weighted by Crippen LogP contribution is -2.13. The van der Waals surface area contributed by atoms with E-state index in [0.29, 0.717) is 17.1 Å². The van der Waals surface area contributed by atoms with Gasteiger partial charge in [0.25, 0.3) is 0 Å². The first kappa shape index (κ1) is 21.4. The summed E-state index contributed by atoms with van der Waals surface area (Å²) in [6.45, 7) is 0.211. The van der Waals surface area contributed by atoms with E-state index in [9.17, 15) is 18.3 Å². The molecule has 2 aromatic carbocycles. The first-order valence-electron chi connectivity index (χ1n) is 8.53. The third-order valence-electron chi connectivity index (χ3n) is 4.21. The Morgan fingerprint density at radius 1 is 1.10 bits per heavy atom. The monoisotopic (exact) mass is 439 g/mol. The second kappa shape index (κ2) is 9.02. The van der Waals surface area contributed by atoms with Gasteiger partial charge in [0.15, 0.2) is 0 Å². The molecule has 2 N–H and O–H groups in total. The van der Waals surface area contributed by atoms with Gasteiger partial charge in [-0.3, -0.25) is 0 Å². The molecular weight excluding hydrogens is 423 g/mol. The molecule has 29 heavy (non-hydrogen) atoms. The number of nitrogens with zero attached hydrogens (tertiary/aromatic N) is 2. The number of benzene rings is 2. The molecule has 0 saturated carbocycles. The number of rotatable bonds is 6. The quantitative estimate of drug-likeness (QED) is 0.484. The van der Waals surface area contributed by atoms with Gasteiger partial charge in [0.1, 0.15) is 12.1 Å². The normalized spacial score (nSPS) is 12.6. The van der Waals surface area contributed by atoms with E-state index in [1.54, 1.807) is 17.8 Å².